The first-order chi connectivity index (χ1) is 12.7. The lowest BCUT2D eigenvalue weighted by Gasteiger charge is -2.38. The molecule has 1 atom stereocenters. The summed E-state index contributed by atoms with van der Waals surface area (Å²) in [5.74, 6) is -0.120. The Morgan fingerprint density at radius 3 is 2.73 bits per heavy atom. The molecular formula is C16H24N6O4. The number of likely N-dealkylation sites (tertiary alicyclic amines) is 1. The van der Waals surface area contributed by atoms with E-state index in [1.807, 2.05) is 0 Å². The van der Waals surface area contributed by atoms with Crippen LogP contribution in [0.25, 0.3) is 0 Å². The molecule has 10 heteroatoms. The van der Waals surface area contributed by atoms with E-state index in [2.05, 4.69) is 15.6 Å². The number of nitrogens with zero attached hydrogens (tertiary/aromatic N) is 5. The molecule has 3 aliphatic heterocycles. The van der Waals surface area contributed by atoms with E-state index in [-0.39, 0.29) is 24.1 Å². The van der Waals surface area contributed by atoms with Crippen LogP contribution in [0.15, 0.2) is 6.20 Å². The van der Waals surface area contributed by atoms with E-state index in [0.717, 1.165) is 19.4 Å². The summed E-state index contributed by atoms with van der Waals surface area (Å²) in [4.78, 5) is 28.0. The summed E-state index contributed by atoms with van der Waals surface area (Å²) in [7, 11) is 0. The molecule has 3 aliphatic rings. The van der Waals surface area contributed by atoms with Gasteiger partial charge in [0.15, 0.2) is 5.69 Å². The Kier molecular flexibility index (Phi) is 5.02. The average molecular weight is 364 g/mol. The minimum absolute atomic E-state index is 0.0576. The standard InChI is InChI=1S/C16H24N6O4/c23-15(20-3-6-25-7-4-20)14-11-22(19-18-14)12-9-21(10-12)16(24)17-8-13-2-1-5-26-13/h11-13H,1-10H2,(H,17,24). The van der Waals surface area contributed by atoms with Crippen LogP contribution in [0, 0.1) is 0 Å². The summed E-state index contributed by atoms with van der Waals surface area (Å²) in [5, 5.41) is 11.0. The number of hydrogen-bond donors (Lipinski definition) is 1. The van der Waals surface area contributed by atoms with Gasteiger partial charge >= 0.3 is 6.03 Å². The Morgan fingerprint density at radius 1 is 1.19 bits per heavy atom. The lowest BCUT2D eigenvalue weighted by molar-refractivity contribution is 0.0299. The first-order valence-corrected chi connectivity index (χ1v) is 9.14. The maximum Gasteiger partial charge on any atom is 0.317 e. The van der Waals surface area contributed by atoms with E-state index in [9.17, 15) is 9.59 Å². The third-order valence-electron chi connectivity index (χ3n) is 5.06. The first kappa shape index (κ1) is 17.2. The highest BCUT2D eigenvalue weighted by Gasteiger charge is 2.34. The van der Waals surface area contributed by atoms with Crippen molar-refractivity contribution in [3.05, 3.63) is 11.9 Å². The highest BCUT2D eigenvalue weighted by atomic mass is 16.5. The van der Waals surface area contributed by atoms with Crippen molar-refractivity contribution in [3.8, 4) is 0 Å². The van der Waals surface area contributed by atoms with Crippen LogP contribution in [-0.2, 0) is 9.47 Å². The zero-order valence-electron chi connectivity index (χ0n) is 14.7. The van der Waals surface area contributed by atoms with Crippen molar-refractivity contribution < 1.29 is 19.1 Å². The molecule has 3 saturated heterocycles. The number of hydrogen-bond acceptors (Lipinski definition) is 6. The molecule has 0 aromatic carbocycles. The van der Waals surface area contributed by atoms with Gasteiger partial charge < -0.3 is 24.6 Å². The van der Waals surface area contributed by atoms with Gasteiger partial charge in [-0.05, 0) is 12.8 Å². The molecule has 0 bridgehead atoms. The normalized spacial score (nSPS) is 23.8. The number of morpholine rings is 1. The summed E-state index contributed by atoms with van der Waals surface area (Å²) in [6, 6.07) is -0.0244. The van der Waals surface area contributed by atoms with Crippen molar-refractivity contribution in [1.29, 1.82) is 0 Å². The number of nitrogens with one attached hydrogen (secondary N) is 1. The Balaban J connectivity index is 1.24. The molecule has 0 aliphatic carbocycles. The zero-order valence-corrected chi connectivity index (χ0v) is 14.7. The van der Waals surface area contributed by atoms with Crippen molar-refractivity contribution >= 4 is 11.9 Å². The van der Waals surface area contributed by atoms with Crippen molar-refractivity contribution in [2.24, 2.45) is 0 Å². The number of urea groups is 1. The second-order valence-corrected chi connectivity index (χ2v) is 6.87. The number of rotatable bonds is 4. The second kappa shape index (κ2) is 7.58. The quantitative estimate of drug-likeness (QED) is 0.773. The molecule has 142 valence electrons. The van der Waals surface area contributed by atoms with Crippen LogP contribution in [0.5, 0.6) is 0 Å². The van der Waals surface area contributed by atoms with Crippen LogP contribution >= 0.6 is 0 Å². The predicted molar refractivity (Wildman–Crippen MR) is 89.7 cm³/mol. The third-order valence-corrected chi connectivity index (χ3v) is 5.06. The molecule has 1 aromatic rings. The van der Waals surface area contributed by atoms with E-state index in [4.69, 9.17) is 9.47 Å². The fourth-order valence-electron chi connectivity index (χ4n) is 3.39. The summed E-state index contributed by atoms with van der Waals surface area (Å²) in [5.41, 5.74) is 0.341. The van der Waals surface area contributed by atoms with Gasteiger partial charge in [-0.25, -0.2) is 9.48 Å². The Bertz CT molecular complexity index is 647. The first-order valence-electron chi connectivity index (χ1n) is 9.14. The largest absolute Gasteiger partial charge is 0.378 e. The lowest BCUT2D eigenvalue weighted by Crippen LogP contribution is -2.55. The number of carbonyl (C=O) groups excluding carboxylic acids is 2. The van der Waals surface area contributed by atoms with Gasteiger partial charge in [0.25, 0.3) is 5.91 Å². The molecule has 0 saturated carbocycles. The van der Waals surface area contributed by atoms with E-state index in [0.29, 0.717) is 51.6 Å². The second-order valence-electron chi connectivity index (χ2n) is 6.87. The van der Waals surface area contributed by atoms with E-state index in [1.54, 1.807) is 20.7 Å². The average Bonchev–Trinajstić information content (AvgIpc) is 3.31. The topological polar surface area (TPSA) is 102 Å². The van der Waals surface area contributed by atoms with Gasteiger partial charge in [0.05, 0.1) is 31.6 Å². The molecule has 10 nitrogen and oxygen atoms in total. The van der Waals surface area contributed by atoms with Gasteiger partial charge in [-0.3, -0.25) is 4.79 Å². The molecule has 0 radical (unpaired) electrons. The number of ether oxygens (including phenoxy) is 2. The molecule has 4 heterocycles. The van der Waals surface area contributed by atoms with Crippen LogP contribution in [0.4, 0.5) is 4.79 Å². The van der Waals surface area contributed by atoms with Gasteiger partial charge in [0.2, 0.25) is 0 Å². The molecule has 1 aromatic heterocycles. The summed E-state index contributed by atoms with van der Waals surface area (Å²) in [6.07, 6.45) is 3.87. The smallest absolute Gasteiger partial charge is 0.317 e. The minimum atomic E-state index is -0.120. The predicted octanol–water partition coefficient (Wildman–Crippen LogP) is -0.504. The summed E-state index contributed by atoms with van der Waals surface area (Å²) in [6.45, 7) is 4.72. The number of carbonyl (C=O) groups is 2. The van der Waals surface area contributed by atoms with Crippen LogP contribution < -0.4 is 5.32 Å². The number of amides is 3. The fourth-order valence-corrected chi connectivity index (χ4v) is 3.39. The summed E-state index contributed by atoms with van der Waals surface area (Å²) < 4.78 is 12.4. The van der Waals surface area contributed by atoms with E-state index >= 15 is 0 Å². The van der Waals surface area contributed by atoms with Crippen LogP contribution in [0.1, 0.15) is 29.4 Å². The van der Waals surface area contributed by atoms with Gasteiger partial charge in [-0.1, -0.05) is 5.21 Å². The maximum absolute atomic E-state index is 12.4. The molecule has 0 spiro atoms. The minimum Gasteiger partial charge on any atom is -0.378 e. The molecule has 4 rings (SSSR count). The van der Waals surface area contributed by atoms with E-state index in [1.165, 1.54) is 0 Å². The highest BCUT2D eigenvalue weighted by Crippen LogP contribution is 2.21. The van der Waals surface area contributed by atoms with Crippen LogP contribution in [0.2, 0.25) is 0 Å². The van der Waals surface area contributed by atoms with E-state index < -0.39 is 0 Å². The SMILES string of the molecule is O=C(NCC1CCCO1)N1CC(n2cc(C(=O)N3CCOCC3)nn2)C1. The molecule has 3 amide bonds. The Labute approximate surface area is 151 Å². The van der Waals surface area contributed by atoms with Crippen LogP contribution in [-0.4, -0.2) is 95.4 Å². The van der Waals surface area contributed by atoms with Crippen molar-refractivity contribution in [1.82, 2.24) is 30.1 Å². The van der Waals surface area contributed by atoms with Gasteiger partial charge in [-0.2, -0.15) is 0 Å². The molecule has 26 heavy (non-hydrogen) atoms. The molecule has 1 N–H and O–H groups in total. The molecule has 1 unspecified atom stereocenters. The Hall–Kier alpha value is -2.20. The maximum atomic E-state index is 12.4. The van der Waals surface area contributed by atoms with Crippen molar-refractivity contribution in [2.75, 3.05) is 52.5 Å². The van der Waals surface area contributed by atoms with Gasteiger partial charge in [0, 0.05) is 39.3 Å². The lowest BCUT2D eigenvalue weighted by atomic mass is 10.1. The molecule has 3 fully saturated rings. The fraction of sp³-hybridized carbons (Fsp3) is 0.750. The van der Waals surface area contributed by atoms with Crippen molar-refractivity contribution in [3.63, 3.8) is 0 Å². The monoisotopic (exact) mass is 364 g/mol. The highest BCUT2D eigenvalue weighted by molar-refractivity contribution is 5.92. The Morgan fingerprint density at radius 2 is 2.00 bits per heavy atom. The number of aromatic nitrogens is 3. The third kappa shape index (κ3) is 3.65. The summed E-state index contributed by atoms with van der Waals surface area (Å²) >= 11 is 0. The van der Waals surface area contributed by atoms with Crippen LogP contribution in [0.3, 0.4) is 0 Å². The molecular weight excluding hydrogens is 340 g/mol. The van der Waals surface area contributed by atoms with Gasteiger partial charge in [-0.15, -0.1) is 5.10 Å². The zero-order chi connectivity index (χ0) is 17.9. The van der Waals surface area contributed by atoms with Gasteiger partial charge in [0.1, 0.15) is 0 Å². The van der Waals surface area contributed by atoms with Crippen molar-refractivity contribution in [2.45, 2.75) is 25.0 Å².